The number of phenolic OH excluding ortho intramolecular Hbond substituents is 1. The van der Waals surface area contributed by atoms with Crippen LogP contribution in [0.25, 0.3) is 0 Å². The Balaban J connectivity index is 1.74. The van der Waals surface area contributed by atoms with Crippen molar-refractivity contribution < 1.29 is 14.7 Å². The zero-order valence-corrected chi connectivity index (χ0v) is 12.8. The zero-order valence-electron chi connectivity index (χ0n) is 12.8. The summed E-state index contributed by atoms with van der Waals surface area (Å²) in [6.45, 7) is 3.36. The summed E-state index contributed by atoms with van der Waals surface area (Å²) in [6.07, 6.45) is 6.40. The van der Waals surface area contributed by atoms with E-state index in [4.69, 9.17) is 0 Å². The molecule has 1 heterocycles. The van der Waals surface area contributed by atoms with Crippen molar-refractivity contribution in [3.05, 3.63) is 54.6 Å². The van der Waals surface area contributed by atoms with Gasteiger partial charge in [-0.25, -0.2) is 9.97 Å². The van der Waals surface area contributed by atoms with Crippen molar-refractivity contribution in [1.82, 2.24) is 9.97 Å². The average Bonchev–Trinajstić information content (AvgIpc) is 3.42. The number of aromatic hydroxyl groups is 1. The summed E-state index contributed by atoms with van der Waals surface area (Å²) in [4.78, 5) is 32.1. The molecule has 122 valence electrons. The van der Waals surface area contributed by atoms with Gasteiger partial charge in [0.25, 0.3) is 5.91 Å². The van der Waals surface area contributed by atoms with Crippen LogP contribution in [0.2, 0.25) is 0 Å². The van der Waals surface area contributed by atoms with Gasteiger partial charge in [0.15, 0.2) is 0 Å². The summed E-state index contributed by atoms with van der Waals surface area (Å²) in [5.41, 5.74) is 0.843. The summed E-state index contributed by atoms with van der Waals surface area (Å²) < 4.78 is 0. The van der Waals surface area contributed by atoms with Gasteiger partial charge in [-0.1, -0.05) is 6.58 Å². The number of carbonyl (C=O) groups excluding carboxylic acids is 2. The lowest BCUT2D eigenvalue weighted by Crippen LogP contribution is -2.14. The number of hydrogen-bond acceptors (Lipinski definition) is 5. The molecule has 1 saturated carbocycles. The van der Waals surface area contributed by atoms with E-state index in [1.807, 2.05) is 0 Å². The van der Waals surface area contributed by atoms with Crippen LogP contribution >= 0.6 is 0 Å². The summed E-state index contributed by atoms with van der Waals surface area (Å²) in [5, 5.41) is 15.0. The second-order valence-electron chi connectivity index (χ2n) is 5.48. The number of phenols is 1. The van der Waals surface area contributed by atoms with E-state index in [-0.39, 0.29) is 11.3 Å². The fraction of sp³-hybridized carbons (Fsp3) is 0.176. The highest BCUT2D eigenvalue weighted by atomic mass is 16.3. The van der Waals surface area contributed by atoms with Crippen LogP contribution in [0, 0.1) is 0 Å². The van der Waals surface area contributed by atoms with E-state index in [1.165, 1.54) is 18.2 Å². The van der Waals surface area contributed by atoms with Crippen molar-refractivity contribution in [3.8, 4) is 5.75 Å². The first-order valence-corrected chi connectivity index (χ1v) is 7.46. The minimum atomic E-state index is -0.523. The Hall–Kier alpha value is -3.22. The van der Waals surface area contributed by atoms with E-state index in [0.29, 0.717) is 17.3 Å². The van der Waals surface area contributed by atoms with E-state index >= 15 is 0 Å². The Kier molecular flexibility index (Phi) is 4.24. The molecule has 7 nitrogen and oxygen atoms in total. The molecule has 0 unspecified atom stereocenters. The van der Waals surface area contributed by atoms with Crippen molar-refractivity contribution in [2.45, 2.75) is 18.8 Å². The molecule has 1 aromatic carbocycles. The van der Waals surface area contributed by atoms with Gasteiger partial charge in [0, 0.05) is 11.6 Å². The maximum absolute atomic E-state index is 12.3. The number of nitrogens with one attached hydrogen (secondary N) is 2. The lowest BCUT2D eigenvalue weighted by Gasteiger charge is -2.09. The molecule has 3 N–H and O–H groups in total. The number of benzene rings is 1. The molecule has 1 fully saturated rings. The number of hydrogen-bond donors (Lipinski definition) is 3. The van der Waals surface area contributed by atoms with Crippen LogP contribution in [-0.4, -0.2) is 26.9 Å². The second kappa shape index (κ2) is 6.49. The van der Waals surface area contributed by atoms with E-state index in [1.54, 1.807) is 12.4 Å². The highest BCUT2D eigenvalue weighted by Gasteiger charge is 2.26. The van der Waals surface area contributed by atoms with E-state index < -0.39 is 11.8 Å². The quantitative estimate of drug-likeness (QED) is 0.579. The first kappa shape index (κ1) is 15.7. The predicted octanol–water partition coefficient (Wildman–Crippen LogP) is 2.44. The van der Waals surface area contributed by atoms with Crippen molar-refractivity contribution in [3.63, 3.8) is 0 Å². The number of rotatable bonds is 5. The predicted molar refractivity (Wildman–Crippen MR) is 88.9 cm³/mol. The summed E-state index contributed by atoms with van der Waals surface area (Å²) in [6, 6.07) is 4.20. The summed E-state index contributed by atoms with van der Waals surface area (Å²) in [7, 11) is 0. The molecule has 24 heavy (non-hydrogen) atoms. The molecule has 0 spiro atoms. The van der Waals surface area contributed by atoms with Gasteiger partial charge in [-0.3, -0.25) is 9.59 Å². The molecule has 0 atom stereocenters. The molecule has 1 aliphatic carbocycles. The van der Waals surface area contributed by atoms with Gasteiger partial charge in [-0.2, -0.15) is 0 Å². The van der Waals surface area contributed by atoms with Crippen molar-refractivity contribution in [2.24, 2.45) is 0 Å². The SMILES string of the molecule is C=CC(=O)Nc1ccc(O)c(C(=O)Nc2cnc(C3CC3)nc2)c1. The van der Waals surface area contributed by atoms with Crippen molar-refractivity contribution >= 4 is 23.2 Å². The van der Waals surface area contributed by atoms with Gasteiger partial charge in [-0.05, 0) is 37.1 Å². The van der Waals surface area contributed by atoms with Crippen molar-refractivity contribution in [1.29, 1.82) is 0 Å². The van der Waals surface area contributed by atoms with E-state index in [2.05, 4.69) is 27.2 Å². The molecule has 3 rings (SSSR count). The van der Waals surface area contributed by atoms with Crippen LogP contribution in [-0.2, 0) is 4.79 Å². The topological polar surface area (TPSA) is 104 Å². The van der Waals surface area contributed by atoms with Gasteiger partial charge in [0.1, 0.15) is 11.6 Å². The number of aromatic nitrogens is 2. The number of amides is 2. The van der Waals surface area contributed by atoms with Gasteiger partial charge >= 0.3 is 0 Å². The molecular formula is C17H16N4O3. The van der Waals surface area contributed by atoms with Gasteiger partial charge in [0.2, 0.25) is 5.91 Å². The van der Waals surface area contributed by atoms with Crippen LogP contribution in [0.4, 0.5) is 11.4 Å². The smallest absolute Gasteiger partial charge is 0.259 e. The Morgan fingerprint density at radius 2 is 1.88 bits per heavy atom. The molecule has 0 radical (unpaired) electrons. The van der Waals surface area contributed by atoms with E-state index in [9.17, 15) is 14.7 Å². The first-order valence-electron chi connectivity index (χ1n) is 7.46. The lowest BCUT2D eigenvalue weighted by atomic mass is 10.1. The molecule has 0 saturated heterocycles. The van der Waals surface area contributed by atoms with Crippen LogP contribution in [0.15, 0.2) is 43.2 Å². The van der Waals surface area contributed by atoms with Crippen LogP contribution in [0.5, 0.6) is 5.75 Å². The number of nitrogens with zero attached hydrogens (tertiary/aromatic N) is 2. The lowest BCUT2D eigenvalue weighted by molar-refractivity contribution is -0.111. The van der Waals surface area contributed by atoms with Crippen LogP contribution < -0.4 is 10.6 Å². The average molecular weight is 324 g/mol. The van der Waals surface area contributed by atoms with Gasteiger partial charge < -0.3 is 15.7 Å². The minimum Gasteiger partial charge on any atom is -0.507 e. The Morgan fingerprint density at radius 1 is 1.17 bits per heavy atom. The van der Waals surface area contributed by atoms with Crippen molar-refractivity contribution in [2.75, 3.05) is 10.6 Å². The van der Waals surface area contributed by atoms with Crippen LogP contribution in [0.3, 0.4) is 0 Å². The third-order valence-electron chi connectivity index (χ3n) is 3.57. The molecule has 0 aliphatic heterocycles. The summed E-state index contributed by atoms with van der Waals surface area (Å²) in [5.74, 6) is 0.0923. The van der Waals surface area contributed by atoms with Crippen LogP contribution in [0.1, 0.15) is 34.9 Å². The molecule has 2 amide bonds. The van der Waals surface area contributed by atoms with Gasteiger partial charge in [0.05, 0.1) is 23.6 Å². The minimum absolute atomic E-state index is 0.0307. The molecule has 0 bridgehead atoms. The fourth-order valence-electron chi connectivity index (χ4n) is 2.14. The fourth-order valence-corrected chi connectivity index (χ4v) is 2.14. The second-order valence-corrected chi connectivity index (χ2v) is 5.48. The number of carbonyl (C=O) groups is 2. The summed E-state index contributed by atoms with van der Waals surface area (Å²) >= 11 is 0. The number of anilines is 2. The maximum atomic E-state index is 12.3. The first-order chi connectivity index (χ1) is 11.6. The highest BCUT2D eigenvalue weighted by molar-refractivity contribution is 6.07. The Morgan fingerprint density at radius 3 is 2.50 bits per heavy atom. The van der Waals surface area contributed by atoms with Gasteiger partial charge in [-0.15, -0.1) is 0 Å². The highest BCUT2D eigenvalue weighted by Crippen LogP contribution is 2.37. The molecule has 1 aromatic heterocycles. The third-order valence-corrected chi connectivity index (χ3v) is 3.57. The normalized spacial score (nSPS) is 13.2. The zero-order chi connectivity index (χ0) is 17.1. The monoisotopic (exact) mass is 324 g/mol. The Bertz CT molecular complexity index is 798. The molecule has 7 heteroatoms. The van der Waals surface area contributed by atoms with E-state index in [0.717, 1.165) is 24.7 Å². The molecular weight excluding hydrogens is 308 g/mol. The molecule has 2 aromatic rings. The Labute approximate surface area is 138 Å². The molecule has 1 aliphatic rings. The standard InChI is InChI=1S/C17H16N4O3/c1-2-15(23)20-11-5-6-14(22)13(7-11)17(24)21-12-8-18-16(19-9-12)10-3-4-10/h2,5-10,22H,1,3-4H2,(H,20,23)(H,21,24). The maximum Gasteiger partial charge on any atom is 0.259 e. The third kappa shape index (κ3) is 3.57. The largest absolute Gasteiger partial charge is 0.507 e.